The summed E-state index contributed by atoms with van der Waals surface area (Å²) in [5, 5.41) is 3.41. The largest absolute Gasteiger partial charge is 0.295 e. The second kappa shape index (κ2) is 8.21. The highest BCUT2D eigenvalue weighted by atomic mass is 15.1. The second-order valence-corrected chi connectivity index (χ2v) is 8.88. The number of aromatic nitrogens is 2. The van der Waals surface area contributed by atoms with Crippen molar-refractivity contribution in [3.63, 3.8) is 0 Å². The minimum absolute atomic E-state index is 0.196. The molecule has 6 aromatic carbocycles. The molecule has 0 amide bonds. The monoisotopic (exact) mass is 465 g/mol. The minimum Gasteiger partial charge on any atom is -0.295 e. The van der Waals surface area contributed by atoms with Gasteiger partial charge in [0.05, 0.1) is 23.6 Å². The van der Waals surface area contributed by atoms with Gasteiger partial charge in [-0.15, -0.1) is 0 Å². The zero-order chi connectivity index (χ0) is 28.4. The van der Waals surface area contributed by atoms with Gasteiger partial charge in [0, 0.05) is 10.8 Å². The maximum absolute atomic E-state index is 8.89. The number of aryl methyl sites for hydroxylation is 1. The fourth-order valence-corrected chi connectivity index (χ4v) is 5.28. The summed E-state index contributed by atoms with van der Waals surface area (Å²) in [6, 6.07) is 30.6. The van der Waals surface area contributed by atoms with Gasteiger partial charge in [-0.1, -0.05) is 109 Å². The Hall–Kier alpha value is -4.69. The van der Waals surface area contributed by atoms with E-state index < -0.39 is 6.04 Å². The van der Waals surface area contributed by atoms with Gasteiger partial charge < -0.3 is 0 Å². The number of fused-ring (bicyclic) bond motifs is 3. The average Bonchev–Trinajstić information content (AvgIpc) is 3.34. The van der Waals surface area contributed by atoms with Crippen LogP contribution in [0.4, 0.5) is 0 Å². The Morgan fingerprint density at radius 3 is 2.14 bits per heavy atom. The Balaban J connectivity index is 1.73. The fourth-order valence-electron chi connectivity index (χ4n) is 5.28. The van der Waals surface area contributed by atoms with Crippen molar-refractivity contribution < 1.29 is 6.85 Å². The Morgan fingerprint density at radius 2 is 1.31 bits per heavy atom. The molecule has 2 heteroatoms. The van der Waals surface area contributed by atoms with Crippen LogP contribution < -0.4 is 0 Å². The number of hydrogen-bond donors (Lipinski definition) is 0. The van der Waals surface area contributed by atoms with Crippen LogP contribution in [0.2, 0.25) is 0 Å². The van der Waals surface area contributed by atoms with Crippen molar-refractivity contribution in [2.45, 2.75) is 6.92 Å². The number of imidazole rings is 1. The molecular weight excluding hydrogens is 436 g/mol. The molecule has 0 unspecified atom stereocenters. The quantitative estimate of drug-likeness (QED) is 0.238. The minimum atomic E-state index is -0.403. The van der Waals surface area contributed by atoms with Gasteiger partial charge in [-0.2, -0.15) is 0 Å². The van der Waals surface area contributed by atoms with Gasteiger partial charge in [-0.25, -0.2) is 4.98 Å². The summed E-state index contributed by atoms with van der Waals surface area (Å²) in [4.78, 5) is 4.84. The molecule has 0 saturated heterocycles. The smallest absolute Gasteiger partial charge is 0.111 e. The van der Waals surface area contributed by atoms with Crippen LogP contribution in [0, 0.1) is 6.92 Å². The molecule has 1 aromatic heterocycles. The fraction of sp³-hybridized carbons (Fsp3) is 0.0294. The maximum atomic E-state index is 8.89. The normalized spacial score (nSPS) is 13.4. The van der Waals surface area contributed by atoms with Crippen molar-refractivity contribution in [3.05, 3.63) is 133 Å². The molecule has 0 spiro atoms. The highest BCUT2D eigenvalue weighted by Crippen LogP contribution is 2.43. The Labute approximate surface area is 217 Å². The summed E-state index contributed by atoms with van der Waals surface area (Å²) in [5.74, 6) is 0.834. The van der Waals surface area contributed by atoms with Gasteiger partial charge in [-0.05, 0) is 58.1 Å². The third-order valence-corrected chi connectivity index (χ3v) is 6.80. The van der Waals surface area contributed by atoms with Gasteiger partial charge in [0.1, 0.15) is 5.82 Å². The van der Waals surface area contributed by atoms with Gasteiger partial charge in [-0.3, -0.25) is 4.57 Å². The molecular formula is C34H24N2. The van der Waals surface area contributed by atoms with E-state index in [2.05, 4.69) is 28.8 Å². The van der Waals surface area contributed by atoms with E-state index in [-0.39, 0.29) is 29.7 Å². The summed E-state index contributed by atoms with van der Waals surface area (Å²) >= 11 is 0. The van der Waals surface area contributed by atoms with Crippen LogP contribution >= 0.6 is 0 Å². The number of nitrogens with zero attached hydrogens (tertiary/aromatic N) is 2. The van der Waals surface area contributed by atoms with E-state index in [1.807, 2.05) is 79.7 Å². The van der Waals surface area contributed by atoms with E-state index >= 15 is 0 Å². The van der Waals surface area contributed by atoms with Crippen LogP contribution in [0.3, 0.4) is 0 Å². The van der Waals surface area contributed by atoms with E-state index in [9.17, 15) is 0 Å². The van der Waals surface area contributed by atoms with Crippen LogP contribution in [0.25, 0.3) is 60.5 Å². The molecule has 0 saturated carbocycles. The number of hydrogen-bond acceptors (Lipinski definition) is 1. The third-order valence-electron chi connectivity index (χ3n) is 6.80. The molecule has 0 bridgehead atoms. The van der Waals surface area contributed by atoms with Crippen LogP contribution in [0.1, 0.15) is 12.7 Å². The molecule has 36 heavy (non-hydrogen) atoms. The molecule has 170 valence electrons. The summed E-state index contributed by atoms with van der Waals surface area (Å²) < 4.78 is 45.0. The molecule has 2 nitrogen and oxygen atoms in total. The predicted molar refractivity (Wildman–Crippen MR) is 152 cm³/mol. The number of para-hydroxylation sites is 2. The van der Waals surface area contributed by atoms with Crippen LogP contribution in [-0.2, 0) is 0 Å². The van der Waals surface area contributed by atoms with E-state index in [0.29, 0.717) is 5.56 Å². The Kier molecular flexibility index (Phi) is 3.67. The lowest BCUT2D eigenvalue weighted by atomic mass is 9.88. The zero-order valence-corrected chi connectivity index (χ0v) is 19.6. The van der Waals surface area contributed by atoms with Gasteiger partial charge >= 0.3 is 0 Å². The molecule has 0 aliphatic carbocycles. The molecule has 0 aliphatic heterocycles. The highest BCUT2D eigenvalue weighted by Gasteiger charge is 2.20. The van der Waals surface area contributed by atoms with Crippen molar-refractivity contribution in [2.24, 2.45) is 0 Å². The number of rotatable bonds is 3. The molecule has 0 N–H and O–H groups in total. The first-order valence-corrected chi connectivity index (χ1v) is 11.9. The molecule has 0 radical (unpaired) electrons. The first kappa shape index (κ1) is 16.1. The van der Waals surface area contributed by atoms with E-state index in [4.69, 9.17) is 11.8 Å². The van der Waals surface area contributed by atoms with Crippen LogP contribution in [-0.4, -0.2) is 9.55 Å². The SMILES string of the molecule is [2H]c1c([2H])c([2H])c(-c2c3ccccc3c(-n3c(C)nc4ccccc43)c3ccc(-c4ccccc4)cc23)c([2H])c1[2H]. The van der Waals surface area contributed by atoms with Crippen molar-refractivity contribution >= 4 is 32.6 Å². The van der Waals surface area contributed by atoms with Crippen molar-refractivity contribution in [3.8, 4) is 27.9 Å². The molecule has 0 atom stereocenters. The summed E-state index contributed by atoms with van der Waals surface area (Å²) in [6.07, 6.45) is 0. The van der Waals surface area contributed by atoms with E-state index in [1.165, 1.54) is 0 Å². The molecule has 0 aliphatic rings. The lowest BCUT2D eigenvalue weighted by Crippen LogP contribution is -2.01. The first-order valence-electron chi connectivity index (χ1n) is 14.4. The molecule has 7 rings (SSSR count). The second-order valence-electron chi connectivity index (χ2n) is 8.88. The lowest BCUT2D eigenvalue weighted by molar-refractivity contribution is 1.02. The van der Waals surface area contributed by atoms with Crippen molar-refractivity contribution in [2.75, 3.05) is 0 Å². The molecule has 0 fully saturated rings. The summed E-state index contributed by atoms with van der Waals surface area (Å²) in [7, 11) is 0. The van der Waals surface area contributed by atoms with E-state index in [0.717, 1.165) is 55.2 Å². The zero-order valence-electron chi connectivity index (χ0n) is 24.6. The van der Waals surface area contributed by atoms with Gasteiger partial charge in [0.25, 0.3) is 0 Å². The third kappa shape index (κ3) is 3.15. The highest BCUT2D eigenvalue weighted by molar-refractivity contribution is 6.19. The molecule has 1 heterocycles. The topological polar surface area (TPSA) is 17.8 Å². The first-order chi connectivity index (χ1) is 19.9. The van der Waals surface area contributed by atoms with E-state index in [1.54, 1.807) is 0 Å². The Morgan fingerprint density at radius 1 is 0.611 bits per heavy atom. The Bertz CT molecular complexity index is 2140. The standard InChI is InChI=1S/C34H24N2/c1-23-35-31-18-10-11-19-32(31)36(23)34-28-17-9-8-16-27(28)33(25-14-6-3-7-15-25)30-22-26(20-21-29(30)34)24-12-4-2-5-13-24/h2-22H,1H3/i3D,6D,7D,14D,15D. The predicted octanol–water partition coefficient (Wildman–Crippen LogP) is 8.97. The van der Waals surface area contributed by atoms with Crippen LogP contribution in [0.5, 0.6) is 0 Å². The average molecular weight is 466 g/mol. The van der Waals surface area contributed by atoms with Crippen LogP contribution in [0.15, 0.2) is 127 Å². The number of benzene rings is 6. The van der Waals surface area contributed by atoms with Crippen molar-refractivity contribution in [1.82, 2.24) is 9.55 Å². The maximum Gasteiger partial charge on any atom is 0.111 e. The molecule has 7 aromatic rings. The van der Waals surface area contributed by atoms with Gasteiger partial charge in [0.2, 0.25) is 0 Å². The summed E-state index contributed by atoms with van der Waals surface area (Å²) in [6.45, 7) is 1.99. The van der Waals surface area contributed by atoms with Gasteiger partial charge in [0.15, 0.2) is 0 Å². The summed E-state index contributed by atoms with van der Waals surface area (Å²) in [5.41, 5.74) is 5.62. The van der Waals surface area contributed by atoms with Crippen molar-refractivity contribution in [1.29, 1.82) is 0 Å². The lowest BCUT2D eigenvalue weighted by Gasteiger charge is -2.20.